The van der Waals surface area contributed by atoms with E-state index in [9.17, 15) is 14.0 Å². The molecule has 3 unspecified atom stereocenters. The van der Waals surface area contributed by atoms with Gasteiger partial charge in [-0.1, -0.05) is 32.4 Å². The van der Waals surface area contributed by atoms with Crippen LogP contribution in [0.3, 0.4) is 0 Å². The van der Waals surface area contributed by atoms with Crippen molar-refractivity contribution in [2.45, 2.75) is 72.0 Å². The van der Waals surface area contributed by atoms with Gasteiger partial charge in [0.2, 0.25) is 5.91 Å². The molecule has 192 valence electrons. The van der Waals surface area contributed by atoms with E-state index in [0.29, 0.717) is 11.4 Å². The van der Waals surface area contributed by atoms with Gasteiger partial charge in [-0.15, -0.1) is 0 Å². The number of amides is 2. The highest BCUT2D eigenvalue weighted by Gasteiger charge is 2.43. The van der Waals surface area contributed by atoms with Gasteiger partial charge in [0.25, 0.3) is 5.91 Å². The lowest BCUT2D eigenvalue weighted by Crippen LogP contribution is -2.43. The second kappa shape index (κ2) is 11.2. The van der Waals surface area contributed by atoms with Gasteiger partial charge in [0.05, 0.1) is 5.92 Å². The number of halogens is 1. The highest BCUT2D eigenvalue weighted by Crippen LogP contribution is 2.35. The molecule has 0 spiro atoms. The summed E-state index contributed by atoms with van der Waals surface area (Å²) >= 11 is 0. The van der Waals surface area contributed by atoms with Gasteiger partial charge in [0.15, 0.2) is 0 Å². The van der Waals surface area contributed by atoms with Crippen LogP contribution in [0.2, 0.25) is 0 Å². The molecule has 1 saturated carbocycles. The molecule has 1 saturated heterocycles. The zero-order valence-electron chi connectivity index (χ0n) is 21.7. The molecule has 7 heteroatoms. The number of rotatable bonds is 9. The maximum atomic E-state index is 13.5. The number of carbonyl (C=O) groups is 2. The fourth-order valence-corrected chi connectivity index (χ4v) is 4.61. The summed E-state index contributed by atoms with van der Waals surface area (Å²) in [5.41, 5.74) is 5.47. The Labute approximate surface area is 213 Å². The minimum atomic E-state index is -1.05. The van der Waals surface area contributed by atoms with Crippen molar-refractivity contribution >= 4 is 23.7 Å². The van der Waals surface area contributed by atoms with Crippen molar-refractivity contribution in [1.29, 1.82) is 0 Å². The first-order valence-corrected chi connectivity index (χ1v) is 13.1. The lowest BCUT2D eigenvalue weighted by atomic mass is 9.87. The van der Waals surface area contributed by atoms with E-state index in [0.717, 1.165) is 66.6 Å². The van der Waals surface area contributed by atoms with Crippen LogP contribution in [-0.4, -0.2) is 47.0 Å². The lowest BCUT2D eigenvalue weighted by molar-refractivity contribution is -0.130. The third kappa shape index (κ3) is 5.77. The van der Waals surface area contributed by atoms with Gasteiger partial charge < -0.3 is 15.5 Å². The van der Waals surface area contributed by atoms with Gasteiger partial charge in [-0.3, -0.25) is 9.59 Å². The number of hydrogen-bond donors (Lipinski definition) is 2. The number of dihydropyridines is 1. The van der Waals surface area contributed by atoms with Crippen LogP contribution in [0.1, 0.15) is 64.0 Å². The average molecular weight is 493 g/mol. The number of aryl methyl sites for hydroxylation is 1. The Morgan fingerprint density at radius 3 is 2.58 bits per heavy atom. The van der Waals surface area contributed by atoms with Crippen molar-refractivity contribution in [2.75, 3.05) is 18.4 Å². The van der Waals surface area contributed by atoms with Gasteiger partial charge in [0, 0.05) is 42.7 Å². The number of aromatic nitrogens is 1. The number of hydrogen-bond acceptors (Lipinski definition) is 4. The molecule has 0 bridgehead atoms. The van der Waals surface area contributed by atoms with Crippen LogP contribution < -0.4 is 10.6 Å². The van der Waals surface area contributed by atoms with Crippen LogP contribution >= 0.6 is 0 Å². The van der Waals surface area contributed by atoms with E-state index in [1.165, 1.54) is 0 Å². The number of nitrogens with one attached hydrogen (secondary N) is 2. The van der Waals surface area contributed by atoms with E-state index < -0.39 is 12.1 Å². The number of carbonyl (C=O) groups excluding carboxylic acids is 2. The van der Waals surface area contributed by atoms with Crippen LogP contribution in [0.5, 0.6) is 0 Å². The molecular formula is C29H37FN4O2. The number of allylic oxidation sites excluding steroid dienone is 3. The summed E-state index contributed by atoms with van der Waals surface area (Å²) in [6, 6.07) is 2.08. The Morgan fingerprint density at radius 2 is 2.03 bits per heavy atom. The van der Waals surface area contributed by atoms with Gasteiger partial charge in [-0.05, 0) is 73.9 Å². The van der Waals surface area contributed by atoms with E-state index in [1.807, 2.05) is 37.1 Å². The first-order valence-electron chi connectivity index (χ1n) is 13.1. The predicted molar refractivity (Wildman–Crippen MR) is 142 cm³/mol. The Hall–Kier alpha value is -3.22. The van der Waals surface area contributed by atoms with E-state index in [2.05, 4.69) is 35.5 Å². The normalized spacial score (nSPS) is 23.8. The molecule has 3 atom stereocenters. The SMILES string of the molecule is CC/C=C(C(=O)N1CCC1)/C(=C\c1cnc(NC(=O)C2CC2F)cc1C)C1=CNC(CCC)C=C1C. The fourth-order valence-electron chi connectivity index (χ4n) is 4.61. The minimum Gasteiger partial charge on any atom is -0.384 e. The van der Waals surface area contributed by atoms with Crippen molar-refractivity contribution in [2.24, 2.45) is 5.92 Å². The van der Waals surface area contributed by atoms with Crippen molar-refractivity contribution in [3.8, 4) is 0 Å². The molecule has 36 heavy (non-hydrogen) atoms. The summed E-state index contributed by atoms with van der Waals surface area (Å²) in [5, 5.41) is 6.22. The van der Waals surface area contributed by atoms with E-state index >= 15 is 0 Å². The summed E-state index contributed by atoms with van der Waals surface area (Å²) in [4.78, 5) is 31.9. The highest BCUT2D eigenvalue weighted by atomic mass is 19.1. The summed E-state index contributed by atoms with van der Waals surface area (Å²) < 4.78 is 13.2. The fraction of sp³-hybridized carbons (Fsp3) is 0.483. The number of anilines is 1. The number of nitrogens with zero attached hydrogens (tertiary/aromatic N) is 2. The second-order valence-corrected chi connectivity index (χ2v) is 9.97. The van der Waals surface area contributed by atoms with Gasteiger partial charge >= 0.3 is 0 Å². The molecule has 3 aliphatic rings. The standard InChI is InChI=1S/C29H37FN4O2/c1-5-8-21-12-19(4)25(17-31-21)23(22(9-6-2)29(36)34-10-7-11-34)14-20-16-32-27(13-18(20)3)33-28(35)24-15-26(24)30/h9,12-14,16-17,21,24,26,31H,5-8,10-11,15H2,1-4H3,(H,32,33,35)/b22-9-,23-14+. The van der Waals surface area contributed by atoms with Crippen LogP contribution in [0.15, 0.2) is 52.9 Å². The maximum Gasteiger partial charge on any atom is 0.254 e. The molecule has 2 fully saturated rings. The second-order valence-electron chi connectivity index (χ2n) is 9.97. The molecule has 6 nitrogen and oxygen atoms in total. The molecule has 4 rings (SSSR count). The predicted octanol–water partition coefficient (Wildman–Crippen LogP) is 5.24. The topological polar surface area (TPSA) is 74.3 Å². The van der Waals surface area contributed by atoms with Gasteiger partial charge in [-0.25, -0.2) is 9.37 Å². The third-order valence-electron chi connectivity index (χ3n) is 7.03. The molecule has 3 heterocycles. The summed E-state index contributed by atoms with van der Waals surface area (Å²) in [6.07, 6.45) is 13.2. The lowest BCUT2D eigenvalue weighted by Gasteiger charge is -2.33. The Kier molecular flexibility index (Phi) is 8.07. The number of alkyl halides is 1. The maximum absolute atomic E-state index is 13.5. The molecule has 2 aliphatic heterocycles. The van der Waals surface area contributed by atoms with Gasteiger partial charge in [0.1, 0.15) is 12.0 Å². The van der Waals surface area contributed by atoms with E-state index in [1.54, 1.807) is 12.3 Å². The van der Waals surface area contributed by atoms with E-state index in [-0.39, 0.29) is 24.3 Å². The van der Waals surface area contributed by atoms with Crippen molar-refractivity contribution in [3.63, 3.8) is 0 Å². The third-order valence-corrected chi connectivity index (χ3v) is 7.03. The minimum absolute atomic E-state index is 0.0541. The molecular weight excluding hydrogens is 455 g/mol. The Bertz CT molecular complexity index is 1150. The molecule has 0 aromatic carbocycles. The first-order chi connectivity index (χ1) is 17.3. The highest BCUT2D eigenvalue weighted by molar-refractivity contribution is 6.02. The van der Waals surface area contributed by atoms with Gasteiger partial charge in [-0.2, -0.15) is 0 Å². The smallest absolute Gasteiger partial charge is 0.254 e. The monoisotopic (exact) mass is 492 g/mol. The van der Waals surface area contributed by atoms with Crippen molar-refractivity contribution in [3.05, 3.63) is 64.0 Å². The Morgan fingerprint density at radius 1 is 1.28 bits per heavy atom. The summed E-state index contributed by atoms with van der Waals surface area (Å²) in [5.74, 6) is -0.427. The largest absolute Gasteiger partial charge is 0.384 e. The molecule has 2 amide bonds. The number of pyridine rings is 1. The molecule has 1 aromatic heterocycles. The zero-order valence-corrected chi connectivity index (χ0v) is 21.7. The van der Waals surface area contributed by atoms with Crippen LogP contribution in [0.4, 0.5) is 10.2 Å². The molecule has 0 radical (unpaired) electrons. The first kappa shape index (κ1) is 25.9. The average Bonchev–Trinajstić information content (AvgIpc) is 3.54. The van der Waals surface area contributed by atoms with Crippen LogP contribution in [-0.2, 0) is 9.59 Å². The Balaban J connectivity index is 1.69. The summed E-state index contributed by atoms with van der Waals surface area (Å²) in [7, 11) is 0. The van der Waals surface area contributed by atoms with Crippen molar-refractivity contribution < 1.29 is 14.0 Å². The quantitative estimate of drug-likeness (QED) is 0.365. The zero-order chi connectivity index (χ0) is 25.8. The molecule has 1 aromatic rings. The summed E-state index contributed by atoms with van der Waals surface area (Å²) in [6.45, 7) is 9.83. The van der Waals surface area contributed by atoms with Crippen molar-refractivity contribution in [1.82, 2.24) is 15.2 Å². The molecule has 2 N–H and O–H groups in total. The molecule has 1 aliphatic carbocycles. The van der Waals surface area contributed by atoms with Crippen LogP contribution in [0, 0.1) is 12.8 Å². The van der Waals surface area contributed by atoms with Crippen LogP contribution in [0.25, 0.3) is 6.08 Å². The van der Waals surface area contributed by atoms with E-state index in [4.69, 9.17) is 0 Å². The number of likely N-dealkylation sites (tertiary alicyclic amines) is 1.